The van der Waals surface area contributed by atoms with Crippen LogP contribution in [0.4, 0.5) is 11.4 Å². The molecule has 0 bridgehead atoms. The minimum absolute atomic E-state index is 0.244. The van der Waals surface area contributed by atoms with Gasteiger partial charge in [-0.25, -0.2) is 5.43 Å². The number of hydrogen-bond acceptors (Lipinski definition) is 5. The van der Waals surface area contributed by atoms with E-state index < -0.39 is 0 Å². The maximum atomic E-state index is 13.1. The molecule has 2 saturated heterocycles. The van der Waals surface area contributed by atoms with Crippen LogP contribution in [0.3, 0.4) is 0 Å². The molecule has 36 heavy (non-hydrogen) atoms. The summed E-state index contributed by atoms with van der Waals surface area (Å²) in [6.07, 6.45) is 5.64. The second-order valence-corrected chi connectivity index (χ2v) is 12.0. The Morgan fingerprint density at radius 1 is 1.00 bits per heavy atom. The molecule has 2 aliphatic carbocycles. The highest BCUT2D eigenvalue weighted by Gasteiger charge is 2.67. The molecule has 5 unspecified atom stereocenters. The first-order valence-corrected chi connectivity index (χ1v) is 14.1. The summed E-state index contributed by atoms with van der Waals surface area (Å²) >= 11 is 0. The third-order valence-corrected chi connectivity index (χ3v) is 10.1. The quantitative estimate of drug-likeness (QED) is 0.614. The van der Waals surface area contributed by atoms with Crippen LogP contribution in [0.15, 0.2) is 42.5 Å². The number of hydrazine groups is 1. The summed E-state index contributed by atoms with van der Waals surface area (Å²) in [5.74, 6) is 1.95. The smallest absolute Gasteiger partial charge is 0.235 e. The first-order valence-electron chi connectivity index (χ1n) is 14.1. The molecule has 2 aromatic rings. The molecule has 2 aromatic carbocycles. The Kier molecular flexibility index (Phi) is 5.42. The molecular formula is C30H39N5O. The fourth-order valence-electron chi connectivity index (χ4n) is 7.82. The van der Waals surface area contributed by atoms with Gasteiger partial charge in [0, 0.05) is 43.6 Å². The van der Waals surface area contributed by atoms with Gasteiger partial charge in [0.2, 0.25) is 5.91 Å². The van der Waals surface area contributed by atoms with E-state index >= 15 is 0 Å². The van der Waals surface area contributed by atoms with Crippen LogP contribution in [0, 0.1) is 17.8 Å². The number of rotatable bonds is 4. The maximum Gasteiger partial charge on any atom is 0.235 e. The largest absolute Gasteiger partial charge is 0.369 e. The monoisotopic (exact) mass is 485 g/mol. The molecule has 190 valence electrons. The second-order valence-electron chi connectivity index (χ2n) is 12.0. The van der Waals surface area contributed by atoms with Crippen LogP contribution in [0.5, 0.6) is 0 Å². The zero-order valence-corrected chi connectivity index (χ0v) is 21.6. The van der Waals surface area contributed by atoms with E-state index in [9.17, 15) is 4.79 Å². The highest BCUT2D eigenvalue weighted by Crippen LogP contribution is 2.65. The summed E-state index contributed by atoms with van der Waals surface area (Å²) in [6.45, 7) is 6.68. The average Bonchev–Trinajstić information content (AvgIpc) is 3.44. The topological polar surface area (TPSA) is 59.6 Å². The number of anilines is 2. The Labute approximate surface area is 214 Å². The Morgan fingerprint density at radius 3 is 2.58 bits per heavy atom. The number of hydrogen-bond donors (Lipinski definition) is 3. The van der Waals surface area contributed by atoms with Crippen LogP contribution in [0.1, 0.15) is 55.3 Å². The third-order valence-electron chi connectivity index (χ3n) is 10.1. The lowest BCUT2D eigenvalue weighted by atomic mass is 9.72. The summed E-state index contributed by atoms with van der Waals surface area (Å²) < 4.78 is 0. The highest BCUT2D eigenvalue weighted by atomic mass is 16.2. The Bertz CT molecular complexity index is 1160. The van der Waals surface area contributed by atoms with Crippen molar-refractivity contribution in [3.63, 3.8) is 0 Å². The van der Waals surface area contributed by atoms with Gasteiger partial charge in [0.15, 0.2) is 0 Å². The number of amides is 1. The zero-order chi connectivity index (χ0) is 24.4. The van der Waals surface area contributed by atoms with Crippen LogP contribution in [0.25, 0.3) is 0 Å². The fraction of sp³-hybridized carbons (Fsp3) is 0.567. The Hall–Kier alpha value is -2.41. The van der Waals surface area contributed by atoms with Crippen molar-refractivity contribution >= 4 is 17.3 Å². The summed E-state index contributed by atoms with van der Waals surface area (Å²) in [5.41, 5.74) is 13.5. The molecule has 2 saturated carbocycles. The number of nitrogens with zero attached hydrogens (tertiary/aromatic N) is 2. The van der Waals surface area contributed by atoms with Crippen molar-refractivity contribution in [1.29, 1.82) is 0 Å². The van der Waals surface area contributed by atoms with E-state index in [0.717, 1.165) is 51.1 Å². The predicted octanol–water partition coefficient (Wildman–Crippen LogP) is 3.84. The first-order chi connectivity index (χ1) is 17.6. The van der Waals surface area contributed by atoms with Gasteiger partial charge in [-0.2, -0.15) is 0 Å². The van der Waals surface area contributed by atoms with Gasteiger partial charge < -0.3 is 15.1 Å². The number of aryl methyl sites for hydroxylation is 1. The lowest BCUT2D eigenvalue weighted by Gasteiger charge is -2.35. The van der Waals surface area contributed by atoms with E-state index in [-0.39, 0.29) is 11.3 Å². The molecule has 5 aliphatic rings. The lowest BCUT2D eigenvalue weighted by Crippen LogP contribution is -2.44. The lowest BCUT2D eigenvalue weighted by molar-refractivity contribution is -0.118. The first kappa shape index (κ1) is 22.8. The number of carbonyl (C=O) groups excluding carboxylic acids is 1. The molecule has 3 N–H and O–H groups in total. The van der Waals surface area contributed by atoms with Crippen molar-refractivity contribution in [2.45, 2.75) is 56.5 Å². The maximum absolute atomic E-state index is 13.1. The van der Waals surface area contributed by atoms with Crippen LogP contribution in [0.2, 0.25) is 0 Å². The van der Waals surface area contributed by atoms with E-state index in [4.69, 9.17) is 0 Å². The van der Waals surface area contributed by atoms with E-state index in [0.29, 0.717) is 29.8 Å². The minimum Gasteiger partial charge on any atom is -0.369 e. The normalized spacial score (nSPS) is 35.6. The molecule has 1 spiro atoms. The molecule has 3 heterocycles. The molecular weight excluding hydrogens is 446 g/mol. The highest BCUT2D eigenvalue weighted by molar-refractivity contribution is 6.09. The molecule has 6 nitrogen and oxygen atoms in total. The molecule has 6 heteroatoms. The van der Waals surface area contributed by atoms with Gasteiger partial charge in [-0.15, -0.1) is 0 Å². The van der Waals surface area contributed by atoms with Crippen molar-refractivity contribution < 1.29 is 4.79 Å². The number of fused-ring (bicyclic) bond motifs is 3. The van der Waals surface area contributed by atoms with Crippen molar-refractivity contribution in [3.05, 3.63) is 59.2 Å². The van der Waals surface area contributed by atoms with Gasteiger partial charge in [-0.3, -0.25) is 10.2 Å². The summed E-state index contributed by atoms with van der Waals surface area (Å²) in [4.78, 5) is 18.1. The SMILES string of the molecule is CCc1ccc2c(c1)[C@]1(CC1C1CCC3C(C1)NNC3c1ccc(N3CCN(C)CC3)cc1)C(=O)N2. The van der Waals surface area contributed by atoms with Gasteiger partial charge >= 0.3 is 0 Å². The molecule has 7 rings (SSSR count). The summed E-state index contributed by atoms with van der Waals surface area (Å²) in [6, 6.07) is 16.7. The number of piperazine rings is 1. The minimum atomic E-state index is -0.261. The molecule has 3 aliphatic heterocycles. The Morgan fingerprint density at radius 2 is 1.81 bits per heavy atom. The number of benzene rings is 2. The van der Waals surface area contributed by atoms with Crippen molar-refractivity contribution in [3.8, 4) is 0 Å². The van der Waals surface area contributed by atoms with Gasteiger partial charge in [-0.05, 0) is 91.8 Å². The zero-order valence-electron chi connectivity index (χ0n) is 21.6. The van der Waals surface area contributed by atoms with Crippen LogP contribution in [-0.2, 0) is 16.6 Å². The van der Waals surface area contributed by atoms with Gasteiger partial charge in [0.05, 0.1) is 11.5 Å². The van der Waals surface area contributed by atoms with E-state index in [1.165, 1.54) is 35.2 Å². The Balaban J connectivity index is 1.03. The summed E-state index contributed by atoms with van der Waals surface area (Å²) in [7, 11) is 2.21. The van der Waals surface area contributed by atoms with Crippen molar-refractivity contribution in [1.82, 2.24) is 15.8 Å². The fourth-order valence-corrected chi connectivity index (χ4v) is 7.82. The number of likely N-dealkylation sites (N-methyl/N-ethyl adjacent to an activating group) is 1. The summed E-state index contributed by atoms with van der Waals surface area (Å²) in [5, 5.41) is 3.20. The molecule has 0 aromatic heterocycles. The van der Waals surface area contributed by atoms with E-state index in [1.54, 1.807) is 0 Å². The van der Waals surface area contributed by atoms with Crippen molar-refractivity contribution in [2.75, 3.05) is 43.4 Å². The predicted molar refractivity (Wildman–Crippen MR) is 144 cm³/mol. The van der Waals surface area contributed by atoms with E-state index in [2.05, 4.69) is 82.4 Å². The molecule has 6 atom stereocenters. The number of nitrogens with one attached hydrogen (secondary N) is 3. The standard InChI is InChI=1S/C30H39N5O/c1-3-19-4-11-26-24(16-19)30(29(36)31-26)18-25(30)21-7-10-23-27(17-21)32-33-28(23)20-5-8-22(9-6-20)35-14-12-34(2)13-15-35/h4-6,8-9,11,16,21,23,25,27-28,32-33H,3,7,10,12-15,17-18H2,1-2H3,(H,31,36)/t21?,23?,25?,27?,28?,30-/m0/s1. The van der Waals surface area contributed by atoms with Crippen LogP contribution >= 0.6 is 0 Å². The van der Waals surface area contributed by atoms with Gasteiger partial charge in [0.1, 0.15) is 0 Å². The van der Waals surface area contributed by atoms with Gasteiger partial charge in [-0.1, -0.05) is 31.2 Å². The molecule has 0 radical (unpaired) electrons. The van der Waals surface area contributed by atoms with Crippen LogP contribution in [-0.4, -0.2) is 50.1 Å². The second kappa shape index (κ2) is 8.57. The third kappa shape index (κ3) is 3.52. The average molecular weight is 486 g/mol. The number of carbonyl (C=O) groups is 1. The van der Waals surface area contributed by atoms with Gasteiger partial charge in [0.25, 0.3) is 0 Å². The van der Waals surface area contributed by atoms with Crippen molar-refractivity contribution in [2.24, 2.45) is 17.8 Å². The molecule has 1 amide bonds. The van der Waals surface area contributed by atoms with Crippen LogP contribution < -0.4 is 21.1 Å². The van der Waals surface area contributed by atoms with E-state index in [1.807, 2.05) is 0 Å². The molecule has 4 fully saturated rings.